The highest BCUT2D eigenvalue weighted by Crippen LogP contribution is 2.24. The van der Waals surface area contributed by atoms with Crippen LogP contribution in [0.15, 0.2) is 48.5 Å². The first-order chi connectivity index (χ1) is 15.9. The summed E-state index contributed by atoms with van der Waals surface area (Å²) < 4.78 is 15.2. The SMILES string of the molecule is CCOC(=O)CNC(=O)Nc1ccc(Oc2ccc(NC(=O)NCC(=O)OCC)cc2)cc1. The van der Waals surface area contributed by atoms with Gasteiger partial charge in [-0.05, 0) is 62.4 Å². The minimum absolute atomic E-state index is 0.223. The van der Waals surface area contributed by atoms with Crippen LogP contribution in [0.2, 0.25) is 0 Å². The molecule has 0 aliphatic rings. The van der Waals surface area contributed by atoms with Gasteiger partial charge in [0.15, 0.2) is 0 Å². The number of ether oxygens (including phenoxy) is 3. The van der Waals surface area contributed by atoms with Crippen LogP contribution >= 0.6 is 0 Å². The van der Waals surface area contributed by atoms with Crippen molar-refractivity contribution in [3.05, 3.63) is 48.5 Å². The number of anilines is 2. The van der Waals surface area contributed by atoms with Crippen LogP contribution in [-0.2, 0) is 19.1 Å². The zero-order valence-electron chi connectivity index (χ0n) is 18.3. The molecule has 0 atom stereocenters. The molecule has 0 heterocycles. The van der Waals surface area contributed by atoms with E-state index in [9.17, 15) is 19.2 Å². The fourth-order valence-corrected chi connectivity index (χ4v) is 2.43. The maximum Gasteiger partial charge on any atom is 0.325 e. The van der Waals surface area contributed by atoms with Crippen LogP contribution < -0.4 is 26.0 Å². The lowest BCUT2D eigenvalue weighted by Crippen LogP contribution is -2.34. The van der Waals surface area contributed by atoms with Crippen molar-refractivity contribution in [1.82, 2.24) is 10.6 Å². The Labute approximate surface area is 190 Å². The number of hydrogen-bond donors (Lipinski definition) is 4. The lowest BCUT2D eigenvalue weighted by Gasteiger charge is -2.10. The van der Waals surface area contributed by atoms with Gasteiger partial charge >= 0.3 is 24.0 Å². The van der Waals surface area contributed by atoms with Crippen LogP contribution in [0.1, 0.15) is 13.8 Å². The predicted molar refractivity (Wildman–Crippen MR) is 120 cm³/mol. The third-order valence-corrected chi connectivity index (χ3v) is 3.86. The van der Waals surface area contributed by atoms with Gasteiger partial charge in [0.25, 0.3) is 0 Å². The molecule has 2 aromatic rings. The molecule has 0 bridgehead atoms. The third kappa shape index (κ3) is 9.59. The van der Waals surface area contributed by atoms with Crippen molar-refractivity contribution in [3.8, 4) is 11.5 Å². The van der Waals surface area contributed by atoms with E-state index < -0.39 is 24.0 Å². The smallest absolute Gasteiger partial charge is 0.325 e. The number of hydrogen-bond acceptors (Lipinski definition) is 7. The Kier molecular flexibility index (Phi) is 9.99. The fraction of sp³-hybridized carbons (Fsp3) is 0.273. The molecular formula is C22H26N4O7. The fourth-order valence-electron chi connectivity index (χ4n) is 2.43. The maximum absolute atomic E-state index is 11.8. The van der Waals surface area contributed by atoms with Gasteiger partial charge in [0, 0.05) is 11.4 Å². The molecule has 2 rings (SSSR count). The summed E-state index contributed by atoms with van der Waals surface area (Å²) in [5.74, 6) is 0.0191. The van der Waals surface area contributed by atoms with E-state index >= 15 is 0 Å². The van der Waals surface area contributed by atoms with Crippen molar-refractivity contribution in [2.75, 3.05) is 36.9 Å². The molecule has 4 N–H and O–H groups in total. The highest BCUT2D eigenvalue weighted by atomic mass is 16.5. The third-order valence-electron chi connectivity index (χ3n) is 3.86. The van der Waals surface area contributed by atoms with E-state index in [1.165, 1.54) is 0 Å². The number of esters is 2. The Morgan fingerprint density at radius 1 is 0.636 bits per heavy atom. The van der Waals surface area contributed by atoms with Gasteiger partial charge in [-0.1, -0.05) is 0 Å². The molecule has 0 saturated carbocycles. The minimum atomic E-state index is -0.536. The molecule has 176 valence electrons. The van der Waals surface area contributed by atoms with E-state index in [-0.39, 0.29) is 26.3 Å². The van der Waals surface area contributed by atoms with E-state index in [4.69, 9.17) is 14.2 Å². The van der Waals surface area contributed by atoms with Crippen molar-refractivity contribution in [1.29, 1.82) is 0 Å². The summed E-state index contributed by atoms with van der Waals surface area (Å²) in [4.78, 5) is 46.1. The van der Waals surface area contributed by atoms with Gasteiger partial charge in [0.05, 0.1) is 13.2 Å². The molecule has 11 heteroatoms. The summed E-state index contributed by atoms with van der Waals surface area (Å²) in [6, 6.07) is 12.1. The summed E-state index contributed by atoms with van der Waals surface area (Å²) in [5.41, 5.74) is 1.02. The molecule has 0 aromatic heterocycles. The first-order valence-corrected chi connectivity index (χ1v) is 10.2. The number of rotatable bonds is 10. The van der Waals surface area contributed by atoms with Crippen molar-refractivity contribution >= 4 is 35.4 Å². The van der Waals surface area contributed by atoms with E-state index in [0.717, 1.165) is 0 Å². The zero-order valence-corrected chi connectivity index (χ0v) is 18.3. The lowest BCUT2D eigenvalue weighted by atomic mass is 10.3. The molecule has 0 aliphatic heterocycles. The van der Waals surface area contributed by atoms with Crippen LogP contribution in [0, 0.1) is 0 Å². The quantitative estimate of drug-likeness (QED) is 0.401. The van der Waals surface area contributed by atoms with Crippen LogP contribution in [-0.4, -0.2) is 50.3 Å². The summed E-state index contributed by atoms with van der Waals surface area (Å²) in [6.07, 6.45) is 0. The molecule has 2 aromatic carbocycles. The van der Waals surface area contributed by atoms with Gasteiger partial charge in [-0.25, -0.2) is 9.59 Å². The van der Waals surface area contributed by atoms with E-state index in [1.54, 1.807) is 62.4 Å². The maximum atomic E-state index is 11.8. The van der Waals surface area contributed by atoms with E-state index in [0.29, 0.717) is 22.9 Å². The lowest BCUT2D eigenvalue weighted by molar-refractivity contribution is -0.142. The average molecular weight is 458 g/mol. The molecule has 0 aliphatic carbocycles. The minimum Gasteiger partial charge on any atom is -0.465 e. The standard InChI is InChI=1S/C22H26N4O7/c1-3-31-19(27)13-23-21(29)25-15-5-9-17(10-6-15)33-18-11-7-16(8-12-18)26-22(30)24-14-20(28)32-4-2/h5-12H,3-4,13-14H2,1-2H3,(H2,23,25,29)(H2,24,26,30). The number of amides is 4. The first-order valence-electron chi connectivity index (χ1n) is 10.2. The Balaban J connectivity index is 1.79. The number of benzene rings is 2. The number of nitrogens with one attached hydrogen (secondary N) is 4. The van der Waals surface area contributed by atoms with Gasteiger partial charge in [-0.15, -0.1) is 0 Å². The number of urea groups is 2. The number of carbonyl (C=O) groups is 4. The topological polar surface area (TPSA) is 144 Å². The van der Waals surface area contributed by atoms with Crippen LogP contribution in [0.25, 0.3) is 0 Å². The first kappa shape index (κ1) is 25.0. The van der Waals surface area contributed by atoms with Crippen LogP contribution in [0.3, 0.4) is 0 Å². The monoisotopic (exact) mass is 458 g/mol. The second kappa shape index (κ2) is 13.2. The van der Waals surface area contributed by atoms with Gasteiger partial charge in [0.2, 0.25) is 0 Å². The molecular weight excluding hydrogens is 432 g/mol. The molecule has 11 nitrogen and oxygen atoms in total. The summed E-state index contributed by atoms with van der Waals surface area (Å²) >= 11 is 0. The average Bonchev–Trinajstić information content (AvgIpc) is 2.79. The van der Waals surface area contributed by atoms with Crippen molar-refractivity contribution in [3.63, 3.8) is 0 Å². The number of carbonyl (C=O) groups excluding carboxylic acids is 4. The van der Waals surface area contributed by atoms with Gasteiger partial charge in [-0.2, -0.15) is 0 Å². The van der Waals surface area contributed by atoms with Gasteiger partial charge < -0.3 is 35.5 Å². The van der Waals surface area contributed by atoms with Crippen LogP contribution in [0.4, 0.5) is 21.0 Å². The molecule has 33 heavy (non-hydrogen) atoms. The van der Waals surface area contributed by atoms with Gasteiger partial charge in [0.1, 0.15) is 24.6 Å². The van der Waals surface area contributed by atoms with Crippen molar-refractivity contribution < 1.29 is 33.4 Å². The van der Waals surface area contributed by atoms with Gasteiger partial charge in [-0.3, -0.25) is 9.59 Å². The Morgan fingerprint density at radius 3 is 1.33 bits per heavy atom. The van der Waals surface area contributed by atoms with E-state index in [2.05, 4.69) is 21.3 Å². The molecule has 0 spiro atoms. The summed E-state index contributed by atoms with van der Waals surface area (Å²) in [6.45, 7) is 3.41. The zero-order chi connectivity index (χ0) is 24.1. The molecule has 4 amide bonds. The van der Waals surface area contributed by atoms with E-state index in [1.807, 2.05) is 0 Å². The molecule has 0 unspecified atom stereocenters. The normalized spacial score (nSPS) is 9.88. The Morgan fingerprint density at radius 2 is 1.00 bits per heavy atom. The largest absolute Gasteiger partial charge is 0.465 e. The highest BCUT2D eigenvalue weighted by molar-refractivity contribution is 5.92. The predicted octanol–water partition coefficient (Wildman–Crippen LogP) is 2.85. The second-order valence-electron chi connectivity index (χ2n) is 6.38. The molecule has 0 saturated heterocycles. The summed E-state index contributed by atoms with van der Waals surface area (Å²) in [5, 5.41) is 9.97. The Bertz CT molecular complexity index is 869. The second-order valence-corrected chi connectivity index (χ2v) is 6.38. The highest BCUT2D eigenvalue weighted by Gasteiger charge is 2.08. The molecule has 0 radical (unpaired) electrons. The van der Waals surface area contributed by atoms with Crippen molar-refractivity contribution in [2.45, 2.75) is 13.8 Å². The van der Waals surface area contributed by atoms with Crippen molar-refractivity contribution in [2.24, 2.45) is 0 Å². The summed E-state index contributed by atoms with van der Waals surface area (Å²) in [7, 11) is 0. The van der Waals surface area contributed by atoms with Crippen LogP contribution in [0.5, 0.6) is 11.5 Å². The molecule has 0 fully saturated rings. The Hall–Kier alpha value is -4.28.